The molecule has 0 heterocycles. The normalized spacial score (nSPS) is 13.7. The molecule has 0 bridgehead atoms. The number of hydrogen-bond acceptors (Lipinski definition) is 5. The van der Waals surface area contributed by atoms with Crippen LogP contribution in [0.15, 0.2) is 29.2 Å². The molecule has 0 fully saturated rings. The van der Waals surface area contributed by atoms with Crippen LogP contribution in [0.5, 0.6) is 0 Å². The maximum Gasteiger partial charge on any atom is 0.0831 e. The monoisotopic (exact) mass is 275 g/mol. The molecule has 0 saturated carbocycles. The van der Waals surface area contributed by atoms with Gasteiger partial charge in [0.05, 0.1) is 23.6 Å². The molecule has 6 heteroatoms. The fraction of sp³-hybridized carbons (Fsp3) is 0.500. The number of aliphatic hydroxyl groups is 2. The molecule has 18 heavy (non-hydrogen) atoms. The summed E-state index contributed by atoms with van der Waals surface area (Å²) in [6.45, 7) is 2.91. The Balaban J connectivity index is 2.96. The lowest BCUT2D eigenvalue weighted by Gasteiger charge is -2.42. The van der Waals surface area contributed by atoms with Crippen LogP contribution in [0.4, 0.5) is 0 Å². The summed E-state index contributed by atoms with van der Waals surface area (Å²) in [5.74, 6) is 0. The molecule has 0 spiro atoms. The smallest absolute Gasteiger partial charge is 0.0831 e. The Kier molecular flexibility index (Phi) is 5.15. The van der Waals surface area contributed by atoms with E-state index in [0.29, 0.717) is 11.3 Å². The Morgan fingerprint density at radius 2 is 1.61 bits per heavy atom. The third-order valence-corrected chi connectivity index (χ3v) is 4.64. The van der Waals surface area contributed by atoms with E-state index < -0.39 is 16.3 Å². The minimum Gasteiger partial charge on any atom is -0.394 e. The van der Waals surface area contributed by atoms with Gasteiger partial charge in [-0.2, -0.15) is 0 Å². The number of aliphatic hydroxyl groups excluding tert-OH is 2. The molecule has 0 atom stereocenters. The fourth-order valence-corrected chi connectivity index (χ4v) is 3.01. The molecule has 104 valence electrons. The lowest BCUT2D eigenvalue weighted by molar-refractivity contribution is 0.103. The van der Waals surface area contributed by atoms with Gasteiger partial charge in [-0.1, -0.05) is 24.6 Å². The number of nitrogens with one attached hydrogen (secondary N) is 1. The van der Waals surface area contributed by atoms with Gasteiger partial charge in [0.25, 0.3) is 0 Å². The summed E-state index contributed by atoms with van der Waals surface area (Å²) >= 11 is 0. The summed E-state index contributed by atoms with van der Waals surface area (Å²) < 4.78 is 22.8. The van der Waals surface area contributed by atoms with E-state index in [4.69, 9.17) is 0 Å². The maximum atomic E-state index is 10.1. The van der Waals surface area contributed by atoms with Crippen LogP contribution in [-0.2, 0) is 0 Å². The predicted molar refractivity (Wildman–Crippen MR) is 72.6 cm³/mol. The maximum absolute atomic E-state index is 10.1. The van der Waals surface area contributed by atoms with Gasteiger partial charge in [-0.3, -0.25) is 9.11 Å². The molecule has 5 N–H and O–H groups in total. The van der Waals surface area contributed by atoms with Gasteiger partial charge in [0, 0.05) is 0 Å². The van der Waals surface area contributed by atoms with Crippen LogP contribution in [0.1, 0.15) is 18.9 Å². The molecular weight excluding hydrogens is 254 g/mol. The van der Waals surface area contributed by atoms with Crippen molar-refractivity contribution in [2.24, 2.45) is 0 Å². The van der Waals surface area contributed by atoms with Gasteiger partial charge >= 0.3 is 0 Å². The van der Waals surface area contributed by atoms with Crippen molar-refractivity contribution in [3.63, 3.8) is 0 Å². The summed E-state index contributed by atoms with van der Waals surface area (Å²) in [7, 11) is -3.24. The molecule has 1 rings (SSSR count). The van der Waals surface area contributed by atoms with E-state index in [1.165, 1.54) is 0 Å². The van der Waals surface area contributed by atoms with Crippen LogP contribution < -0.4 is 4.72 Å². The average Bonchev–Trinajstić information content (AvgIpc) is 2.37. The molecule has 0 aromatic heterocycles. The predicted octanol–water partition coefficient (Wildman–Crippen LogP) is 1.74. The van der Waals surface area contributed by atoms with Crippen LogP contribution in [0.2, 0.25) is 0 Å². The SMILES string of the molecule is CCC(CO)(CO)NS(O)(O)c1ccc(C)cc1. The van der Waals surface area contributed by atoms with E-state index >= 15 is 0 Å². The second kappa shape index (κ2) is 6.01. The van der Waals surface area contributed by atoms with E-state index in [1.807, 2.05) is 6.92 Å². The first-order valence-electron chi connectivity index (χ1n) is 5.74. The number of benzene rings is 1. The average molecular weight is 275 g/mol. The standard InChI is InChI=1S/C12H21NO4S/c1-3-12(8-14,9-15)13-18(16,17)11-6-4-10(2)5-7-11/h4-7,13-17H,3,8-9H2,1-2H3. The molecule has 1 aromatic rings. The molecule has 0 aliphatic carbocycles. The van der Waals surface area contributed by atoms with Gasteiger partial charge in [-0.25, -0.2) is 4.72 Å². The number of hydrogen-bond donors (Lipinski definition) is 5. The Morgan fingerprint density at radius 3 is 2.00 bits per heavy atom. The van der Waals surface area contributed by atoms with Crippen molar-refractivity contribution in [2.75, 3.05) is 13.2 Å². The highest BCUT2D eigenvalue weighted by atomic mass is 32.3. The minimum atomic E-state index is -3.24. The van der Waals surface area contributed by atoms with Gasteiger partial charge in [-0.15, -0.1) is 10.8 Å². The van der Waals surface area contributed by atoms with Gasteiger partial charge in [0.15, 0.2) is 0 Å². The summed E-state index contributed by atoms with van der Waals surface area (Å²) in [6.07, 6.45) is 0.377. The third-order valence-electron chi connectivity index (χ3n) is 2.99. The number of rotatable bonds is 6. The van der Waals surface area contributed by atoms with Gasteiger partial charge in [0.2, 0.25) is 0 Å². The zero-order chi connectivity index (χ0) is 13.8. The Morgan fingerprint density at radius 1 is 1.11 bits per heavy atom. The highest BCUT2D eigenvalue weighted by molar-refractivity contribution is 8.22. The molecular formula is C12H21NO4S. The van der Waals surface area contributed by atoms with Crippen molar-refractivity contribution < 1.29 is 19.3 Å². The van der Waals surface area contributed by atoms with Crippen molar-refractivity contribution >= 4 is 10.8 Å². The Bertz CT molecular complexity index is 368. The zero-order valence-electron chi connectivity index (χ0n) is 10.6. The molecule has 0 aliphatic rings. The van der Waals surface area contributed by atoms with Gasteiger partial charge < -0.3 is 10.2 Å². The Hall–Kier alpha value is -0.630. The van der Waals surface area contributed by atoms with Crippen molar-refractivity contribution in [1.82, 2.24) is 4.72 Å². The van der Waals surface area contributed by atoms with Crippen molar-refractivity contribution in [3.05, 3.63) is 29.8 Å². The second-order valence-corrected chi connectivity index (χ2v) is 6.19. The van der Waals surface area contributed by atoms with E-state index in [-0.39, 0.29) is 13.2 Å². The van der Waals surface area contributed by atoms with Crippen LogP contribution in [0.3, 0.4) is 0 Å². The minimum absolute atomic E-state index is 0.341. The molecule has 0 saturated heterocycles. The molecule has 0 amide bonds. The molecule has 0 unspecified atom stereocenters. The van der Waals surface area contributed by atoms with E-state index in [0.717, 1.165) is 5.56 Å². The highest BCUT2D eigenvalue weighted by Crippen LogP contribution is 2.46. The molecule has 0 aliphatic heterocycles. The third kappa shape index (κ3) is 3.44. The quantitative estimate of drug-likeness (QED) is 0.545. The van der Waals surface area contributed by atoms with Gasteiger partial charge in [0.1, 0.15) is 0 Å². The molecule has 5 nitrogen and oxygen atoms in total. The highest BCUT2D eigenvalue weighted by Gasteiger charge is 2.32. The van der Waals surface area contributed by atoms with Gasteiger partial charge in [-0.05, 0) is 25.5 Å². The fourth-order valence-electron chi connectivity index (χ4n) is 1.50. The lowest BCUT2D eigenvalue weighted by Crippen LogP contribution is -2.51. The summed E-state index contributed by atoms with van der Waals surface area (Å²) in [4.78, 5) is 0.341. The van der Waals surface area contributed by atoms with Crippen LogP contribution >= 0.6 is 10.8 Å². The van der Waals surface area contributed by atoms with Crippen molar-refractivity contribution in [3.8, 4) is 0 Å². The van der Waals surface area contributed by atoms with E-state index in [9.17, 15) is 19.3 Å². The first kappa shape index (κ1) is 15.4. The first-order chi connectivity index (χ1) is 8.39. The van der Waals surface area contributed by atoms with Crippen LogP contribution in [0, 0.1) is 6.92 Å². The topological polar surface area (TPSA) is 93.0 Å². The summed E-state index contributed by atoms with van der Waals surface area (Å²) in [5.41, 5.74) is -0.0796. The van der Waals surface area contributed by atoms with E-state index in [2.05, 4.69) is 4.72 Å². The molecule has 0 radical (unpaired) electrons. The largest absolute Gasteiger partial charge is 0.394 e. The lowest BCUT2D eigenvalue weighted by atomic mass is 10.0. The number of aryl methyl sites for hydroxylation is 1. The zero-order valence-corrected chi connectivity index (χ0v) is 11.4. The molecule has 1 aromatic carbocycles. The van der Waals surface area contributed by atoms with Crippen molar-refractivity contribution in [1.29, 1.82) is 0 Å². The second-order valence-electron chi connectivity index (χ2n) is 4.41. The van der Waals surface area contributed by atoms with Crippen LogP contribution in [-0.4, -0.2) is 38.1 Å². The van der Waals surface area contributed by atoms with E-state index in [1.54, 1.807) is 31.2 Å². The summed E-state index contributed by atoms with van der Waals surface area (Å²) in [5, 5.41) is 18.6. The van der Waals surface area contributed by atoms with Crippen molar-refractivity contribution in [2.45, 2.75) is 30.7 Å². The first-order valence-corrected chi connectivity index (χ1v) is 7.29. The summed E-state index contributed by atoms with van der Waals surface area (Å²) in [6, 6.07) is 6.78. The Labute approximate surface area is 109 Å². The van der Waals surface area contributed by atoms with Crippen LogP contribution in [0.25, 0.3) is 0 Å².